The highest BCUT2D eigenvalue weighted by molar-refractivity contribution is 5.93. The van der Waals surface area contributed by atoms with E-state index in [0.717, 1.165) is 16.8 Å². The van der Waals surface area contributed by atoms with Gasteiger partial charge < -0.3 is 20.1 Å². The summed E-state index contributed by atoms with van der Waals surface area (Å²) in [5, 5.41) is 6.19. The molecule has 0 aliphatic heterocycles. The van der Waals surface area contributed by atoms with Gasteiger partial charge in [0.1, 0.15) is 5.69 Å². The van der Waals surface area contributed by atoms with Crippen molar-refractivity contribution in [2.45, 2.75) is 13.0 Å². The van der Waals surface area contributed by atoms with Crippen LogP contribution in [0.4, 0.5) is 5.69 Å². The predicted octanol–water partition coefficient (Wildman–Crippen LogP) is 3.08. The smallest absolute Gasteiger partial charge is 0.269 e. The van der Waals surface area contributed by atoms with Gasteiger partial charge in [-0.3, -0.25) is 14.8 Å². The van der Waals surface area contributed by atoms with Gasteiger partial charge in [-0.2, -0.15) is 0 Å². The Kier molecular flexibility index (Phi) is 7.00. The quantitative estimate of drug-likeness (QED) is 0.582. The third kappa shape index (κ3) is 5.68. The number of hydrogen-bond donors (Lipinski definition) is 2. The maximum absolute atomic E-state index is 12.4. The Morgan fingerprint density at radius 1 is 0.931 bits per heavy atom. The molecule has 2 N–H and O–H groups in total. The number of hydrogen-bond acceptors (Lipinski definition) is 6. The largest absolute Gasteiger partial charge is 0.493 e. The van der Waals surface area contributed by atoms with Gasteiger partial charge in [0.05, 0.1) is 14.2 Å². The van der Waals surface area contributed by atoms with Gasteiger partial charge in [0, 0.05) is 37.4 Å². The number of aromatic nitrogens is 2. The summed E-state index contributed by atoms with van der Waals surface area (Å²) in [4.78, 5) is 20.6. The Balaban J connectivity index is 1.53. The lowest BCUT2D eigenvalue weighted by Crippen LogP contribution is -2.26. The van der Waals surface area contributed by atoms with Crippen LogP contribution in [0.1, 0.15) is 21.6 Å². The van der Waals surface area contributed by atoms with E-state index in [-0.39, 0.29) is 5.91 Å². The van der Waals surface area contributed by atoms with Crippen LogP contribution in [0.3, 0.4) is 0 Å². The number of nitrogens with one attached hydrogen (secondary N) is 2. The highest BCUT2D eigenvalue weighted by Crippen LogP contribution is 2.27. The van der Waals surface area contributed by atoms with Crippen molar-refractivity contribution in [3.8, 4) is 11.5 Å². The molecule has 0 radical (unpaired) electrons. The number of amides is 1. The lowest BCUT2D eigenvalue weighted by atomic mass is 10.1. The van der Waals surface area contributed by atoms with Crippen LogP contribution in [0.2, 0.25) is 0 Å². The van der Waals surface area contributed by atoms with E-state index in [1.165, 1.54) is 0 Å². The van der Waals surface area contributed by atoms with Gasteiger partial charge in [-0.25, -0.2) is 0 Å². The second-order valence-corrected chi connectivity index (χ2v) is 6.33. The van der Waals surface area contributed by atoms with Gasteiger partial charge in [0.15, 0.2) is 11.5 Å². The molecule has 0 atom stereocenters. The van der Waals surface area contributed by atoms with E-state index < -0.39 is 0 Å². The van der Waals surface area contributed by atoms with Crippen LogP contribution in [-0.2, 0) is 13.0 Å². The minimum Gasteiger partial charge on any atom is -0.493 e. The van der Waals surface area contributed by atoms with Crippen LogP contribution < -0.4 is 20.1 Å². The summed E-state index contributed by atoms with van der Waals surface area (Å²) in [6, 6.07) is 13.2. The van der Waals surface area contributed by atoms with Crippen LogP contribution in [-0.4, -0.2) is 36.6 Å². The zero-order valence-electron chi connectivity index (χ0n) is 16.5. The summed E-state index contributed by atoms with van der Waals surface area (Å²) in [6.07, 6.45) is 5.80. The van der Waals surface area contributed by atoms with Crippen LogP contribution in [0.25, 0.3) is 0 Å². The number of carbonyl (C=O) groups excluding carboxylic acids is 1. The molecule has 2 aromatic heterocycles. The molecule has 150 valence electrons. The fourth-order valence-electron chi connectivity index (χ4n) is 2.82. The molecule has 0 unspecified atom stereocenters. The number of methoxy groups -OCH3 is 2. The number of pyridine rings is 2. The Bertz CT molecular complexity index is 948. The van der Waals surface area contributed by atoms with Crippen LogP contribution in [0, 0.1) is 0 Å². The Morgan fingerprint density at radius 2 is 1.72 bits per heavy atom. The van der Waals surface area contributed by atoms with Gasteiger partial charge >= 0.3 is 0 Å². The SMILES string of the molecule is COc1ccc(CCNC(=O)c2cc(NCc3ccncc3)ccn2)cc1OC. The second-order valence-electron chi connectivity index (χ2n) is 6.33. The van der Waals surface area contributed by atoms with Gasteiger partial charge in [0.25, 0.3) is 5.91 Å². The molecule has 0 aliphatic carbocycles. The first kappa shape index (κ1) is 20.1. The van der Waals surface area contributed by atoms with Crippen molar-refractivity contribution in [1.82, 2.24) is 15.3 Å². The van der Waals surface area contributed by atoms with E-state index in [1.807, 2.05) is 36.4 Å². The Labute approximate surface area is 170 Å². The average Bonchev–Trinajstić information content (AvgIpc) is 2.78. The third-order valence-corrected chi connectivity index (χ3v) is 4.39. The maximum Gasteiger partial charge on any atom is 0.269 e. The molecular weight excluding hydrogens is 368 g/mol. The van der Waals surface area contributed by atoms with Gasteiger partial charge in [-0.05, 0) is 53.9 Å². The highest BCUT2D eigenvalue weighted by Gasteiger charge is 2.09. The molecule has 7 nitrogen and oxygen atoms in total. The third-order valence-electron chi connectivity index (χ3n) is 4.39. The highest BCUT2D eigenvalue weighted by atomic mass is 16.5. The Hall–Kier alpha value is -3.61. The molecule has 7 heteroatoms. The number of anilines is 1. The van der Waals surface area contributed by atoms with Crippen molar-refractivity contribution < 1.29 is 14.3 Å². The van der Waals surface area contributed by atoms with Crippen molar-refractivity contribution in [1.29, 1.82) is 0 Å². The normalized spacial score (nSPS) is 10.3. The molecule has 3 rings (SSSR count). The number of benzene rings is 1. The molecule has 0 spiro atoms. The predicted molar refractivity (Wildman–Crippen MR) is 111 cm³/mol. The van der Waals surface area contributed by atoms with Crippen LogP contribution in [0.15, 0.2) is 61.1 Å². The molecule has 1 amide bonds. The van der Waals surface area contributed by atoms with Gasteiger partial charge in [-0.1, -0.05) is 6.07 Å². The number of nitrogens with zero attached hydrogens (tertiary/aromatic N) is 2. The molecule has 0 saturated carbocycles. The first-order chi connectivity index (χ1) is 14.2. The first-order valence-electron chi connectivity index (χ1n) is 9.27. The molecule has 3 aromatic rings. The molecule has 2 heterocycles. The van der Waals surface area contributed by atoms with Crippen molar-refractivity contribution in [2.75, 3.05) is 26.1 Å². The van der Waals surface area contributed by atoms with E-state index in [0.29, 0.717) is 36.7 Å². The topological polar surface area (TPSA) is 85.4 Å². The summed E-state index contributed by atoms with van der Waals surface area (Å²) >= 11 is 0. The van der Waals surface area contributed by atoms with Crippen molar-refractivity contribution in [3.05, 3.63) is 77.9 Å². The number of ether oxygens (including phenoxy) is 2. The fourth-order valence-corrected chi connectivity index (χ4v) is 2.82. The zero-order chi connectivity index (χ0) is 20.5. The van der Waals surface area contributed by atoms with E-state index in [4.69, 9.17) is 9.47 Å². The fraction of sp³-hybridized carbons (Fsp3) is 0.227. The van der Waals surface area contributed by atoms with E-state index in [2.05, 4.69) is 20.6 Å². The summed E-state index contributed by atoms with van der Waals surface area (Å²) in [5.74, 6) is 1.14. The van der Waals surface area contributed by atoms with E-state index in [1.54, 1.807) is 38.9 Å². The lowest BCUT2D eigenvalue weighted by Gasteiger charge is -2.10. The molecule has 1 aromatic carbocycles. The molecular formula is C22H24N4O3. The standard InChI is InChI=1S/C22H24N4O3/c1-28-20-4-3-16(13-21(20)29-2)7-11-25-22(27)19-14-18(8-12-24-19)26-15-17-5-9-23-10-6-17/h3-6,8-10,12-14H,7,11,15H2,1-2H3,(H,24,26)(H,25,27). The first-order valence-corrected chi connectivity index (χ1v) is 9.27. The summed E-state index contributed by atoms with van der Waals surface area (Å²) in [5.41, 5.74) is 3.36. The van der Waals surface area contributed by atoms with Crippen LogP contribution >= 0.6 is 0 Å². The van der Waals surface area contributed by atoms with Gasteiger partial charge in [-0.15, -0.1) is 0 Å². The minimum atomic E-state index is -0.210. The number of carbonyl (C=O) groups is 1. The molecule has 0 fully saturated rings. The van der Waals surface area contributed by atoms with Crippen molar-refractivity contribution >= 4 is 11.6 Å². The van der Waals surface area contributed by atoms with E-state index in [9.17, 15) is 4.79 Å². The van der Waals surface area contributed by atoms with E-state index >= 15 is 0 Å². The molecule has 29 heavy (non-hydrogen) atoms. The number of rotatable bonds is 9. The lowest BCUT2D eigenvalue weighted by molar-refractivity contribution is 0.0949. The summed E-state index contributed by atoms with van der Waals surface area (Å²) in [7, 11) is 3.20. The monoisotopic (exact) mass is 392 g/mol. The minimum absolute atomic E-state index is 0.210. The average molecular weight is 392 g/mol. The Morgan fingerprint density at radius 3 is 2.48 bits per heavy atom. The summed E-state index contributed by atoms with van der Waals surface area (Å²) < 4.78 is 10.5. The molecule has 0 aliphatic rings. The zero-order valence-corrected chi connectivity index (χ0v) is 16.5. The van der Waals surface area contributed by atoms with Gasteiger partial charge in [0.2, 0.25) is 0 Å². The van der Waals surface area contributed by atoms with Crippen molar-refractivity contribution in [3.63, 3.8) is 0 Å². The van der Waals surface area contributed by atoms with Crippen molar-refractivity contribution in [2.24, 2.45) is 0 Å². The maximum atomic E-state index is 12.4. The second kappa shape index (κ2) is 10.1. The van der Waals surface area contributed by atoms with Crippen LogP contribution in [0.5, 0.6) is 11.5 Å². The summed E-state index contributed by atoms with van der Waals surface area (Å²) in [6.45, 7) is 1.14. The molecule has 0 saturated heterocycles. The molecule has 0 bridgehead atoms.